The standard InChI is InChI=1S/C13H19N3/c1-9-4-5-12(8-14)13(6-9)16-11(3)7-10(2)15-16/h7,9,12-13H,4-6H2,1-3H3. The number of rotatable bonds is 1. The molecule has 1 aromatic heterocycles. The smallest absolute Gasteiger partial charge is 0.0688 e. The van der Waals surface area contributed by atoms with Gasteiger partial charge in [0.15, 0.2) is 0 Å². The number of nitrogens with zero attached hydrogens (tertiary/aromatic N) is 3. The maximum absolute atomic E-state index is 9.22. The van der Waals surface area contributed by atoms with Crippen LogP contribution in [0.1, 0.15) is 43.6 Å². The normalized spacial score (nSPS) is 30.0. The van der Waals surface area contributed by atoms with Crippen molar-refractivity contribution in [1.29, 1.82) is 5.26 Å². The molecule has 3 heteroatoms. The summed E-state index contributed by atoms with van der Waals surface area (Å²) in [5, 5.41) is 13.7. The largest absolute Gasteiger partial charge is 0.265 e. The predicted molar refractivity (Wildman–Crippen MR) is 62.9 cm³/mol. The number of hydrogen-bond acceptors (Lipinski definition) is 2. The molecule has 16 heavy (non-hydrogen) atoms. The van der Waals surface area contributed by atoms with Crippen LogP contribution in [0.4, 0.5) is 0 Å². The van der Waals surface area contributed by atoms with Crippen LogP contribution in [0.3, 0.4) is 0 Å². The van der Waals surface area contributed by atoms with Crippen LogP contribution in [0, 0.1) is 37.0 Å². The number of aromatic nitrogens is 2. The van der Waals surface area contributed by atoms with E-state index >= 15 is 0 Å². The van der Waals surface area contributed by atoms with Crippen LogP contribution in [-0.4, -0.2) is 9.78 Å². The molecule has 0 spiro atoms. The molecule has 1 aliphatic carbocycles. The first-order chi connectivity index (χ1) is 7.61. The molecule has 3 nitrogen and oxygen atoms in total. The Hall–Kier alpha value is -1.30. The molecule has 86 valence electrons. The molecule has 3 unspecified atom stereocenters. The van der Waals surface area contributed by atoms with Gasteiger partial charge in [-0.25, -0.2) is 0 Å². The Labute approximate surface area is 97.1 Å². The Morgan fingerprint density at radius 2 is 2.19 bits per heavy atom. The van der Waals surface area contributed by atoms with Crippen LogP contribution in [-0.2, 0) is 0 Å². The summed E-state index contributed by atoms with van der Waals surface area (Å²) in [5.41, 5.74) is 2.23. The molecular weight excluding hydrogens is 198 g/mol. The molecule has 0 saturated heterocycles. The van der Waals surface area contributed by atoms with Crippen molar-refractivity contribution in [3.8, 4) is 6.07 Å². The minimum Gasteiger partial charge on any atom is -0.265 e. The Balaban J connectivity index is 2.30. The van der Waals surface area contributed by atoms with Crippen LogP contribution in [0.25, 0.3) is 0 Å². The quantitative estimate of drug-likeness (QED) is 0.725. The lowest BCUT2D eigenvalue weighted by atomic mass is 9.80. The minimum absolute atomic E-state index is 0.134. The van der Waals surface area contributed by atoms with Gasteiger partial charge in [0, 0.05) is 5.69 Å². The third-order valence-corrected chi connectivity index (χ3v) is 3.60. The van der Waals surface area contributed by atoms with Gasteiger partial charge >= 0.3 is 0 Å². The highest BCUT2D eigenvalue weighted by atomic mass is 15.3. The molecule has 1 heterocycles. The Kier molecular flexibility index (Phi) is 3.00. The molecule has 0 radical (unpaired) electrons. The summed E-state index contributed by atoms with van der Waals surface area (Å²) in [7, 11) is 0. The van der Waals surface area contributed by atoms with E-state index in [0.717, 1.165) is 18.5 Å². The molecule has 0 aliphatic heterocycles. The first-order valence-corrected chi connectivity index (χ1v) is 6.04. The van der Waals surface area contributed by atoms with Gasteiger partial charge in [-0.1, -0.05) is 6.92 Å². The van der Waals surface area contributed by atoms with Gasteiger partial charge in [0.05, 0.1) is 23.7 Å². The van der Waals surface area contributed by atoms with Crippen LogP contribution in [0.2, 0.25) is 0 Å². The van der Waals surface area contributed by atoms with Gasteiger partial charge in [0.25, 0.3) is 0 Å². The molecule has 0 N–H and O–H groups in total. The molecule has 2 rings (SSSR count). The van der Waals surface area contributed by atoms with Crippen LogP contribution in [0.5, 0.6) is 0 Å². The van der Waals surface area contributed by atoms with Crippen LogP contribution in [0.15, 0.2) is 6.07 Å². The summed E-state index contributed by atoms with van der Waals surface area (Å²) in [4.78, 5) is 0. The zero-order chi connectivity index (χ0) is 11.7. The van der Waals surface area contributed by atoms with Crippen molar-refractivity contribution < 1.29 is 0 Å². The van der Waals surface area contributed by atoms with Crippen molar-refractivity contribution in [2.24, 2.45) is 11.8 Å². The van der Waals surface area contributed by atoms with E-state index in [1.165, 1.54) is 12.1 Å². The van der Waals surface area contributed by atoms with Gasteiger partial charge in [0.1, 0.15) is 0 Å². The van der Waals surface area contributed by atoms with E-state index in [0.29, 0.717) is 5.92 Å². The second kappa shape index (κ2) is 4.29. The monoisotopic (exact) mass is 217 g/mol. The highest BCUT2D eigenvalue weighted by molar-refractivity contribution is 5.09. The maximum Gasteiger partial charge on any atom is 0.0688 e. The molecule has 1 saturated carbocycles. The maximum atomic E-state index is 9.22. The minimum atomic E-state index is 0.134. The summed E-state index contributed by atoms with van der Waals surface area (Å²) < 4.78 is 2.07. The van der Waals surface area contributed by atoms with Gasteiger partial charge in [-0.15, -0.1) is 0 Å². The molecule has 0 amide bonds. The van der Waals surface area contributed by atoms with Crippen molar-refractivity contribution in [3.05, 3.63) is 17.5 Å². The summed E-state index contributed by atoms with van der Waals surface area (Å²) in [5.74, 6) is 0.840. The van der Waals surface area contributed by atoms with E-state index < -0.39 is 0 Å². The van der Waals surface area contributed by atoms with Gasteiger partial charge in [0.2, 0.25) is 0 Å². The summed E-state index contributed by atoms with van der Waals surface area (Å²) >= 11 is 0. The fourth-order valence-corrected chi connectivity index (χ4v) is 2.75. The average molecular weight is 217 g/mol. The molecular formula is C13H19N3. The first kappa shape index (κ1) is 11.2. The van der Waals surface area contributed by atoms with Gasteiger partial charge in [-0.3, -0.25) is 4.68 Å². The van der Waals surface area contributed by atoms with Crippen molar-refractivity contribution >= 4 is 0 Å². The highest BCUT2D eigenvalue weighted by Gasteiger charge is 2.31. The third-order valence-electron chi connectivity index (χ3n) is 3.60. The summed E-state index contributed by atoms with van der Waals surface area (Å²) in [6.07, 6.45) is 3.27. The molecule has 3 atom stereocenters. The lowest BCUT2D eigenvalue weighted by Crippen LogP contribution is -2.27. The fraction of sp³-hybridized carbons (Fsp3) is 0.692. The molecule has 0 bridgehead atoms. The number of hydrogen-bond donors (Lipinski definition) is 0. The lowest BCUT2D eigenvalue weighted by molar-refractivity contribution is 0.215. The van der Waals surface area contributed by atoms with E-state index in [1.54, 1.807) is 0 Å². The molecule has 1 aromatic rings. The number of aryl methyl sites for hydroxylation is 2. The predicted octanol–water partition coefficient (Wildman–Crippen LogP) is 3.00. The van der Waals surface area contributed by atoms with Crippen molar-refractivity contribution in [1.82, 2.24) is 9.78 Å². The number of nitriles is 1. The Morgan fingerprint density at radius 1 is 1.44 bits per heavy atom. The third kappa shape index (κ3) is 1.97. The highest BCUT2D eigenvalue weighted by Crippen LogP contribution is 2.37. The van der Waals surface area contributed by atoms with Gasteiger partial charge in [-0.2, -0.15) is 10.4 Å². The van der Waals surface area contributed by atoms with E-state index in [1.807, 2.05) is 6.92 Å². The van der Waals surface area contributed by atoms with Gasteiger partial charge < -0.3 is 0 Å². The van der Waals surface area contributed by atoms with Crippen molar-refractivity contribution in [2.75, 3.05) is 0 Å². The molecule has 1 aliphatic rings. The zero-order valence-electron chi connectivity index (χ0n) is 10.3. The zero-order valence-corrected chi connectivity index (χ0v) is 10.3. The first-order valence-electron chi connectivity index (χ1n) is 6.04. The Bertz CT molecular complexity index is 413. The fourth-order valence-electron chi connectivity index (χ4n) is 2.75. The summed E-state index contributed by atoms with van der Waals surface area (Å²) in [6.45, 7) is 6.36. The SMILES string of the molecule is Cc1cc(C)n(C2CC(C)CCC2C#N)n1. The molecule has 0 aromatic carbocycles. The van der Waals surface area contributed by atoms with E-state index in [9.17, 15) is 5.26 Å². The van der Waals surface area contributed by atoms with Crippen LogP contribution < -0.4 is 0 Å². The van der Waals surface area contributed by atoms with Crippen molar-refractivity contribution in [2.45, 2.75) is 46.1 Å². The Morgan fingerprint density at radius 3 is 2.75 bits per heavy atom. The second-order valence-corrected chi connectivity index (χ2v) is 5.09. The summed E-state index contributed by atoms with van der Waals surface area (Å²) in [6, 6.07) is 4.82. The average Bonchev–Trinajstić information content (AvgIpc) is 2.57. The van der Waals surface area contributed by atoms with E-state index in [4.69, 9.17) is 0 Å². The van der Waals surface area contributed by atoms with Gasteiger partial charge in [-0.05, 0) is 45.1 Å². The van der Waals surface area contributed by atoms with E-state index in [-0.39, 0.29) is 12.0 Å². The van der Waals surface area contributed by atoms with Crippen molar-refractivity contribution in [3.63, 3.8) is 0 Å². The van der Waals surface area contributed by atoms with E-state index in [2.05, 4.69) is 35.8 Å². The topological polar surface area (TPSA) is 41.6 Å². The van der Waals surface area contributed by atoms with Crippen LogP contribution >= 0.6 is 0 Å². The molecule has 1 fully saturated rings. The lowest BCUT2D eigenvalue weighted by Gasteiger charge is -2.31. The second-order valence-electron chi connectivity index (χ2n) is 5.09.